The molecule has 0 bridgehead atoms. The van der Waals surface area contributed by atoms with Gasteiger partial charge in [-0.05, 0) is 37.9 Å². The van der Waals surface area contributed by atoms with Crippen LogP contribution in [0.15, 0.2) is 18.2 Å². The van der Waals surface area contributed by atoms with Crippen LogP contribution in [0.25, 0.3) is 0 Å². The molecule has 1 saturated heterocycles. The van der Waals surface area contributed by atoms with Gasteiger partial charge in [0.15, 0.2) is 0 Å². The summed E-state index contributed by atoms with van der Waals surface area (Å²) in [5, 5.41) is 5.39. The summed E-state index contributed by atoms with van der Waals surface area (Å²) in [4.78, 5) is 50.0. The molecule has 8 nitrogen and oxygen atoms in total. The maximum atomic E-state index is 12.9. The molecule has 0 aliphatic carbocycles. The minimum Gasteiger partial charge on any atom is -0.384 e. The van der Waals surface area contributed by atoms with E-state index in [1.807, 2.05) is 0 Å². The molecular weight excluding hydrogens is 372 g/mol. The van der Waals surface area contributed by atoms with Gasteiger partial charge < -0.3 is 11.1 Å². The Bertz CT molecular complexity index is 768. The van der Waals surface area contributed by atoms with Crippen molar-refractivity contribution in [2.45, 2.75) is 38.1 Å². The zero-order valence-corrected chi connectivity index (χ0v) is 15.6. The molecule has 1 unspecified atom stereocenters. The molecular formula is C18H23ClN4O4. The van der Waals surface area contributed by atoms with E-state index >= 15 is 0 Å². The fourth-order valence-corrected chi connectivity index (χ4v) is 3.33. The van der Waals surface area contributed by atoms with Crippen molar-refractivity contribution in [3.8, 4) is 0 Å². The maximum absolute atomic E-state index is 12.9. The third-order valence-corrected chi connectivity index (χ3v) is 4.66. The largest absolute Gasteiger partial charge is 0.384 e. The third kappa shape index (κ3) is 4.12. The highest BCUT2D eigenvalue weighted by atomic mass is 35.5. The van der Waals surface area contributed by atoms with E-state index in [4.69, 9.17) is 5.73 Å². The van der Waals surface area contributed by atoms with E-state index in [1.54, 1.807) is 18.2 Å². The van der Waals surface area contributed by atoms with Crippen LogP contribution in [0.5, 0.6) is 0 Å². The zero-order valence-electron chi connectivity index (χ0n) is 14.8. The minimum absolute atomic E-state index is 0. The summed E-state index contributed by atoms with van der Waals surface area (Å²) >= 11 is 0. The minimum atomic E-state index is -0.947. The number of carbonyl (C=O) groups is 4. The first-order valence-electron chi connectivity index (χ1n) is 8.83. The van der Waals surface area contributed by atoms with Crippen LogP contribution in [0.1, 0.15) is 52.8 Å². The number of imide groups is 2. The molecule has 4 N–H and O–H groups in total. The topological polar surface area (TPSA) is 122 Å². The van der Waals surface area contributed by atoms with Crippen molar-refractivity contribution >= 4 is 41.7 Å². The Labute approximate surface area is 163 Å². The van der Waals surface area contributed by atoms with E-state index in [9.17, 15) is 19.2 Å². The van der Waals surface area contributed by atoms with E-state index in [0.29, 0.717) is 24.3 Å². The first kappa shape index (κ1) is 20.9. The van der Waals surface area contributed by atoms with Gasteiger partial charge >= 0.3 is 0 Å². The highest BCUT2D eigenvalue weighted by Crippen LogP contribution is 2.32. The summed E-state index contributed by atoms with van der Waals surface area (Å²) in [6.07, 6.45) is 3.08. The Kier molecular flexibility index (Phi) is 6.92. The van der Waals surface area contributed by atoms with E-state index in [1.165, 1.54) is 0 Å². The number of nitrogens with two attached hydrogens (primary N) is 1. The second kappa shape index (κ2) is 8.96. The molecule has 0 radical (unpaired) electrons. The Morgan fingerprint density at radius 1 is 1.11 bits per heavy atom. The molecule has 0 spiro atoms. The van der Waals surface area contributed by atoms with Gasteiger partial charge in [-0.25, -0.2) is 0 Å². The van der Waals surface area contributed by atoms with Crippen molar-refractivity contribution in [2.24, 2.45) is 5.73 Å². The molecule has 1 aromatic rings. The van der Waals surface area contributed by atoms with Crippen LogP contribution in [-0.4, -0.2) is 47.7 Å². The summed E-state index contributed by atoms with van der Waals surface area (Å²) in [5.74, 6) is -1.98. The average molecular weight is 395 g/mol. The molecule has 1 aromatic carbocycles. The monoisotopic (exact) mass is 394 g/mol. The molecule has 2 heterocycles. The summed E-state index contributed by atoms with van der Waals surface area (Å²) in [6.45, 7) is 1.31. The number of halogens is 1. The molecule has 146 valence electrons. The van der Waals surface area contributed by atoms with Crippen molar-refractivity contribution < 1.29 is 19.2 Å². The van der Waals surface area contributed by atoms with E-state index in [0.717, 1.165) is 24.2 Å². The van der Waals surface area contributed by atoms with Crippen LogP contribution in [-0.2, 0) is 9.59 Å². The SMILES string of the molecule is Cl.NCCCCCNc1cccc2c1C(=O)N(C1CCC(=O)NC1=O)C2=O. The molecule has 1 atom stereocenters. The average Bonchev–Trinajstić information content (AvgIpc) is 2.87. The number of fused-ring (bicyclic) bond motifs is 1. The zero-order chi connectivity index (χ0) is 18.7. The van der Waals surface area contributed by atoms with Gasteiger partial charge in [-0.15, -0.1) is 12.4 Å². The van der Waals surface area contributed by atoms with Crippen molar-refractivity contribution in [3.63, 3.8) is 0 Å². The van der Waals surface area contributed by atoms with Crippen LogP contribution >= 0.6 is 12.4 Å². The lowest BCUT2D eigenvalue weighted by Crippen LogP contribution is -2.54. The fraction of sp³-hybridized carbons (Fsp3) is 0.444. The van der Waals surface area contributed by atoms with Gasteiger partial charge in [0, 0.05) is 18.7 Å². The number of hydrogen-bond donors (Lipinski definition) is 3. The van der Waals surface area contributed by atoms with Gasteiger partial charge in [0.1, 0.15) is 6.04 Å². The lowest BCUT2D eigenvalue weighted by atomic mass is 10.0. The van der Waals surface area contributed by atoms with Crippen molar-refractivity contribution in [3.05, 3.63) is 29.3 Å². The number of benzene rings is 1. The van der Waals surface area contributed by atoms with Gasteiger partial charge in [0.2, 0.25) is 11.8 Å². The maximum Gasteiger partial charge on any atom is 0.264 e. The summed E-state index contributed by atoms with van der Waals surface area (Å²) in [5.41, 5.74) is 6.64. The van der Waals surface area contributed by atoms with Crippen molar-refractivity contribution in [2.75, 3.05) is 18.4 Å². The second-order valence-corrected chi connectivity index (χ2v) is 6.45. The Morgan fingerprint density at radius 2 is 1.89 bits per heavy atom. The lowest BCUT2D eigenvalue weighted by molar-refractivity contribution is -0.136. The number of nitrogens with zero attached hydrogens (tertiary/aromatic N) is 1. The number of carbonyl (C=O) groups excluding carboxylic acids is 4. The smallest absolute Gasteiger partial charge is 0.264 e. The molecule has 9 heteroatoms. The van der Waals surface area contributed by atoms with E-state index < -0.39 is 23.8 Å². The molecule has 4 amide bonds. The van der Waals surface area contributed by atoms with Gasteiger partial charge in [-0.2, -0.15) is 0 Å². The molecule has 0 aromatic heterocycles. The van der Waals surface area contributed by atoms with Crippen LogP contribution in [0.3, 0.4) is 0 Å². The molecule has 3 rings (SSSR count). The van der Waals surface area contributed by atoms with Gasteiger partial charge in [-0.3, -0.25) is 29.4 Å². The van der Waals surface area contributed by atoms with Gasteiger partial charge in [0.25, 0.3) is 11.8 Å². The summed E-state index contributed by atoms with van der Waals surface area (Å²) < 4.78 is 0. The Hall–Kier alpha value is -2.45. The Morgan fingerprint density at radius 3 is 2.59 bits per heavy atom. The number of anilines is 1. The number of hydrogen-bond acceptors (Lipinski definition) is 6. The predicted octanol–water partition coefficient (Wildman–Crippen LogP) is 1.05. The second-order valence-electron chi connectivity index (χ2n) is 6.45. The standard InChI is InChI=1S/C18H22N4O4.ClH/c19-9-2-1-3-10-20-12-6-4-5-11-15(12)18(26)22(17(11)25)13-7-8-14(23)21-16(13)24;/h4-6,13,20H,1-3,7-10,19H2,(H,21,23,24);1H. The van der Waals surface area contributed by atoms with Crippen LogP contribution in [0, 0.1) is 0 Å². The predicted molar refractivity (Wildman–Crippen MR) is 102 cm³/mol. The van der Waals surface area contributed by atoms with Gasteiger partial charge in [-0.1, -0.05) is 12.5 Å². The van der Waals surface area contributed by atoms with Crippen LogP contribution < -0.4 is 16.4 Å². The molecule has 27 heavy (non-hydrogen) atoms. The number of rotatable bonds is 7. The van der Waals surface area contributed by atoms with Crippen molar-refractivity contribution in [1.82, 2.24) is 10.2 Å². The highest BCUT2D eigenvalue weighted by Gasteiger charge is 2.45. The van der Waals surface area contributed by atoms with Crippen molar-refractivity contribution in [1.29, 1.82) is 0 Å². The number of unbranched alkanes of at least 4 members (excludes halogenated alkanes) is 2. The number of amides is 4. The van der Waals surface area contributed by atoms with E-state index in [-0.39, 0.29) is 36.7 Å². The van der Waals surface area contributed by atoms with Gasteiger partial charge in [0.05, 0.1) is 11.1 Å². The molecule has 1 fully saturated rings. The Balaban J connectivity index is 0.00000261. The molecule has 2 aliphatic heterocycles. The summed E-state index contributed by atoms with van der Waals surface area (Å²) in [6, 6.07) is 4.10. The lowest BCUT2D eigenvalue weighted by Gasteiger charge is -2.27. The number of nitrogens with one attached hydrogen (secondary N) is 2. The highest BCUT2D eigenvalue weighted by molar-refractivity contribution is 6.25. The first-order chi connectivity index (χ1) is 12.5. The summed E-state index contributed by atoms with van der Waals surface area (Å²) in [7, 11) is 0. The van der Waals surface area contributed by atoms with Crippen LogP contribution in [0.4, 0.5) is 5.69 Å². The quantitative estimate of drug-likeness (QED) is 0.469. The fourth-order valence-electron chi connectivity index (χ4n) is 3.33. The van der Waals surface area contributed by atoms with E-state index in [2.05, 4.69) is 10.6 Å². The normalized spacial score (nSPS) is 18.9. The first-order valence-corrected chi connectivity index (χ1v) is 8.83. The third-order valence-electron chi connectivity index (χ3n) is 4.66. The number of piperidine rings is 1. The van der Waals surface area contributed by atoms with Crippen LogP contribution in [0.2, 0.25) is 0 Å². The molecule has 2 aliphatic rings. The molecule has 0 saturated carbocycles.